The van der Waals surface area contributed by atoms with Gasteiger partial charge in [-0.05, 0) is 128 Å². The highest BCUT2D eigenvalue weighted by Gasteiger charge is 2.59. The van der Waals surface area contributed by atoms with Crippen molar-refractivity contribution in [1.82, 2.24) is 4.57 Å². The third-order valence-corrected chi connectivity index (χ3v) is 15.4. The molecule has 0 radical (unpaired) electrons. The lowest BCUT2D eigenvalue weighted by atomic mass is 9.51. The molecule has 2 heteroatoms. The molecule has 0 spiro atoms. The van der Waals surface area contributed by atoms with Gasteiger partial charge in [0.25, 0.3) is 0 Å². The normalized spacial score (nSPS) is 18.8. The number of nitrogens with zero attached hydrogens (tertiary/aromatic N) is 2. The molecule has 0 amide bonds. The Labute approximate surface area is 397 Å². The first-order chi connectivity index (χ1) is 33.7. The molecule has 0 bridgehead atoms. The highest BCUT2D eigenvalue weighted by atomic mass is 15.1. The van der Waals surface area contributed by atoms with Gasteiger partial charge in [0.2, 0.25) is 0 Å². The van der Waals surface area contributed by atoms with Crippen molar-refractivity contribution in [3.05, 3.63) is 311 Å². The summed E-state index contributed by atoms with van der Waals surface area (Å²) in [5.41, 5.74) is 18.0. The summed E-state index contributed by atoms with van der Waals surface area (Å²) in [4.78, 5) is 2.45. The van der Waals surface area contributed by atoms with E-state index in [-0.39, 0.29) is 5.92 Å². The Morgan fingerprint density at radius 1 is 0.412 bits per heavy atom. The number of hydrogen-bond donors (Lipinski definition) is 0. The van der Waals surface area contributed by atoms with E-state index in [0.717, 1.165) is 29.2 Å². The van der Waals surface area contributed by atoms with Crippen molar-refractivity contribution in [3.63, 3.8) is 0 Å². The van der Waals surface area contributed by atoms with Gasteiger partial charge in [-0.3, -0.25) is 0 Å². The predicted octanol–water partition coefficient (Wildman–Crippen LogP) is 16.4. The van der Waals surface area contributed by atoms with Gasteiger partial charge in [0.1, 0.15) is 0 Å². The molecule has 0 saturated heterocycles. The van der Waals surface area contributed by atoms with Crippen molar-refractivity contribution in [2.24, 2.45) is 0 Å². The van der Waals surface area contributed by atoms with Crippen LogP contribution in [0.1, 0.15) is 56.8 Å². The van der Waals surface area contributed by atoms with Crippen LogP contribution in [0, 0.1) is 0 Å². The number of allylic oxidation sites excluding steroid dienone is 4. The number of aromatic nitrogens is 1. The van der Waals surface area contributed by atoms with Crippen LogP contribution < -0.4 is 4.90 Å². The first kappa shape index (κ1) is 38.8. The fourth-order valence-corrected chi connectivity index (χ4v) is 12.8. The van der Waals surface area contributed by atoms with Gasteiger partial charge in [-0.15, -0.1) is 0 Å². The second kappa shape index (κ2) is 15.0. The fourth-order valence-electron chi connectivity index (χ4n) is 12.8. The Hall–Kier alpha value is -8.46. The Morgan fingerprint density at radius 3 is 1.82 bits per heavy atom. The molecule has 3 aliphatic rings. The molecule has 2 nitrogen and oxygen atoms in total. The number of hydrogen-bond acceptors (Lipinski definition) is 1. The summed E-state index contributed by atoms with van der Waals surface area (Å²) in [6, 6.07) is 90.9. The minimum atomic E-state index is -0.640. The minimum absolute atomic E-state index is 0.289. The molecule has 11 aromatic rings. The van der Waals surface area contributed by atoms with Crippen molar-refractivity contribution in [2.75, 3.05) is 4.90 Å². The van der Waals surface area contributed by atoms with Gasteiger partial charge in [0.05, 0.1) is 21.9 Å². The third kappa shape index (κ3) is 5.34. The summed E-state index contributed by atoms with van der Waals surface area (Å²) in [5, 5.41) is 4.92. The van der Waals surface area contributed by atoms with Gasteiger partial charge in [-0.2, -0.15) is 0 Å². The van der Waals surface area contributed by atoms with E-state index in [9.17, 15) is 0 Å². The maximum Gasteiger partial charge on any atom is 0.0708 e. The van der Waals surface area contributed by atoms with Gasteiger partial charge < -0.3 is 9.47 Å². The average molecular weight is 867 g/mol. The number of rotatable bonds is 7. The summed E-state index contributed by atoms with van der Waals surface area (Å²) < 4.78 is 2.43. The molecule has 68 heavy (non-hydrogen) atoms. The van der Waals surface area contributed by atoms with E-state index in [1.165, 1.54) is 82.7 Å². The molecular formula is C66H46N2. The van der Waals surface area contributed by atoms with Crippen LogP contribution in [0.3, 0.4) is 0 Å². The maximum absolute atomic E-state index is 2.48. The van der Waals surface area contributed by atoms with Crippen LogP contribution >= 0.6 is 0 Å². The highest BCUT2D eigenvalue weighted by molar-refractivity contribution is 6.11. The average Bonchev–Trinajstić information content (AvgIpc) is 3.91. The molecule has 1 heterocycles. The summed E-state index contributed by atoms with van der Waals surface area (Å²) >= 11 is 0. The highest BCUT2D eigenvalue weighted by Crippen LogP contribution is 2.67. The molecule has 3 atom stereocenters. The van der Waals surface area contributed by atoms with E-state index in [0.29, 0.717) is 0 Å². The molecule has 0 aliphatic heterocycles. The third-order valence-electron chi connectivity index (χ3n) is 15.4. The standard InChI is InChI=1S/C66H46N2/c1-4-22-47(23-5-1)65(59-34-15-16-35-60(59)66(48-24-6-2-7-25-48)58-33-14-12-30-54(58)56-32-19-36-61(65)64(56)66)49-26-18-29-51(43-49)67(50-27-8-3-9-28-50)53-40-41-63-57(44-53)55-31-13-17-37-62(55)68(63)52-39-38-45-20-10-11-21-46(45)42-52/h1-29,31-44,54H,30H2. The van der Waals surface area contributed by atoms with E-state index in [1.807, 2.05) is 0 Å². The van der Waals surface area contributed by atoms with Crippen LogP contribution in [-0.4, -0.2) is 4.57 Å². The van der Waals surface area contributed by atoms with Crippen LogP contribution in [0.4, 0.5) is 17.1 Å². The summed E-state index contributed by atoms with van der Waals surface area (Å²) in [6.07, 6.45) is 8.08. The van der Waals surface area contributed by atoms with E-state index in [1.54, 1.807) is 0 Å². The Balaban J connectivity index is 1.02. The van der Waals surface area contributed by atoms with Gasteiger partial charge in [0, 0.05) is 39.4 Å². The SMILES string of the molecule is C1=CCC2C(=C1)C1(c3ccccc3)c3ccccc3C(c3ccccc3)(c3cccc(N(c4ccccc4)c4ccc5c(c4)c4ccccc4n5-c4ccc5ccccc5c4)c3)c3cccc2c31. The zero-order valence-corrected chi connectivity index (χ0v) is 37.5. The largest absolute Gasteiger partial charge is 0.310 e. The van der Waals surface area contributed by atoms with Gasteiger partial charge >= 0.3 is 0 Å². The van der Waals surface area contributed by atoms with Crippen molar-refractivity contribution in [1.29, 1.82) is 0 Å². The molecule has 1 aromatic heterocycles. The van der Waals surface area contributed by atoms with E-state index in [2.05, 4.69) is 270 Å². The first-order valence-corrected chi connectivity index (χ1v) is 23.9. The van der Waals surface area contributed by atoms with Crippen molar-refractivity contribution < 1.29 is 0 Å². The topological polar surface area (TPSA) is 8.17 Å². The molecular weight excluding hydrogens is 821 g/mol. The lowest BCUT2D eigenvalue weighted by Crippen LogP contribution is -2.44. The Morgan fingerprint density at radius 2 is 1.01 bits per heavy atom. The molecule has 320 valence electrons. The zero-order chi connectivity index (χ0) is 44.8. The first-order valence-electron chi connectivity index (χ1n) is 23.9. The fraction of sp³-hybridized carbons (Fsp3) is 0.0606. The predicted molar refractivity (Wildman–Crippen MR) is 282 cm³/mol. The van der Waals surface area contributed by atoms with Crippen LogP contribution in [-0.2, 0) is 10.8 Å². The lowest BCUT2D eigenvalue weighted by Gasteiger charge is -2.50. The molecule has 0 N–H and O–H groups in total. The molecule has 0 saturated carbocycles. The van der Waals surface area contributed by atoms with Crippen molar-refractivity contribution in [3.8, 4) is 5.69 Å². The second-order valence-corrected chi connectivity index (χ2v) is 18.7. The zero-order valence-electron chi connectivity index (χ0n) is 37.5. The number of para-hydroxylation sites is 2. The molecule has 10 aromatic carbocycles. The second-order valence-electron chi connectivity index (χ2n) is 18.7. The van der Waals surface area contributed by atoms with Crippen LogP contribution in [0.15, 0.2) is 266 Å². The molecule has 14 rings (SSSR count). The molecule has 3 aliphatic carbocycles. The van der Waals surface area contributed by atoms with Crippen LogP contribution in [0.5, 0.6) is 0 Å². The van der Waals surface area contributed by atoms with Gasteiger partial charge in [0.15, 0.2) is 0 Å². The van der Waals surface area contributed by atoms with Gasteiger partial charge in [-0.1, -0.05) is 200 Å². The summed E-state index contributed by atoms with van der Waals surface area (Å²) in [5.74, 6) is 0.289. The van der Waals surface area contributed by atoms with E-state index >= 15 is 0 Å². The molecule has 0 fully saturated rings. The molecule has 3 unspecified atom stereocenters. The smallest absolute Gasteiger partial charge is 0.0708 e. The number of fused-ring (bicyclic) bond motifs is 9. The number of benzene rings is 10. The van der Waals surface area contributed by atoms with Crippen molar-refractivity contribution >= 4 is 49.6 Å². The maximum atomic E-state index is 2.48. The van der Waals surface area contributed by atoms with E-state index in [4.69, 9.17) is 0 Å². The van der Waals surface area contributed by atoms with Gasteiger partial charge in [-0.25, -0.2) is 0 Å². The quantitative estimate of drug-likeness (QED) is 0.155. The minimum Gasteiger partial charge on any atom is -0.310 e. The monoisotopic (exact) mass is 866 g/mol. The lowest BCUT2D eigenvalue weighted by molar-refractivity contribution is 0.610. The van der Waals surface area contributed by atoms with Crippen LogP contribution in [0.25, 0.3) is 38.3 Å². The van der Waals surface area contributed by atoms with Crippen molar-refractivity contribution in [2.45, 2.75) is 23.2 Å². The Bertz CT molecular complexity index is 3840. The van der Waals surface area contributed by atoms with E-state index < -0.39 is 10.8 Å². The van der Waals surface area contributed by atoms with Crippen LogP contribution in [0.2, 0.25) is 0 Å². The summed E-state index contributed by atoms with van der Waals surface area (Å²) in [6.45, 7) is 0. The Kier molecular flexibility index (Phi) is 8.57. The summed E-state index contributed by atoms with van der Waals surface area (Å²) in [7, 11) is 0. The number of anilines is 3.